The summed E-state index contributed by atoms with van der Waals surface area (Å²) < 4.78 is 33.1. The number of sulfonamides is 1. The van der Waals surface area contributed by atoms with Gasteiger partial charge in [-0.25, -0.2) is 13.1 Å². The number of benzene rings is 1. The number of nitrogens with zero attached hydrogens (tertiary/aromatic N) is 1. The Bertz CT molecular complexity index is 870. The van der Waals surface area contributed by atoms with Crippen LogP contribution < -0.4 is 4.72 Å². The third-order valence-corrected chi connectivity index (χ3v) is 7.32. The van der Waals surface area contributed by atoms with Crippen molar-refractivity contribution in [1.82, 2.24) is 9.62 Å². The van der Waals surface area contributed by atoms with Gasteiger partial charge in [-0.3, -0.25) is 4.79 Å². The predicted octanol–water partition coefficient (Wildman–Crippen LogP) is 2.64. The number of hydrogen-bond donors (Lipinski definition) is 1. The molecule has 26 heavy (non-hydrogen) atoms. The lowest BCUT2D eigenvalue weighted by molar-refractivity contribution is 0.00507. The molecule has 1 spiro atoms. The second-order valence-electron chi connectivity index (χ2n) is 7.19. The molecule has 138 valence electrons. The molecule has 6 nitrogen and oxygen atoms in total. The van der Waals surface area contributed by atoms with Crippen LogP contribution in [0.1, 0.15) is 36.0 Å². The van der Waals surface area contributed by atoms with Gasteiger partial charge in [-0.15, -0.1) is 0 Å². The van der Waals surface area contributed by atoms with Crippen molar-refractivity contribution in [2.24, 2.45) is 5.41 Å². The Morgan fingerprint density at radius 3 is 2.42 bits per heavy atom. The van der Waals surface area contributed by atoms with E-state index in [2.05, 4.69) is 4.72 Å². The lowest BCUT2D eigenvalue weighted by Gasteiger charge is -2.53. The van der Waals surface area contributed by atoms with E-state index in [1.165, 1.54) is 12.5 Å². The minimum atomic E-state index is -3.50. The van der Waals surface area contributed by atoms with Crippen LogP contribution in [0.3, 0.4) is 0 Å². The first kappa shape index (κ1) is 17.3. The van der Waals surface area contributed by atoms with Gasteiger partial charge in [0.2, 0.25) is 10.0 Å². The monoisotopic (exact) mass is 374 g/mol. The average molecular weight is 374 g/mol. The highest BCUT2D eigenvalue weighted by molar-refractivity contribution is 7.89. The van der Waals surface area contributed by atoms with Crippen molar-refractivity contribution in [2.45, 2.75) is 36.6 Å². The number of piperidine rings is 1. The Balaban J connectivity index is 1.41. The van der Waals surface area contributed by atoms with Gasteiger partial charge < -0.3 is 9.32 Å². The second-order valence-corrected chi connectivity index (χ2v) is 8.91. The highest BCUT2D eigenvalue weighted by Gasteiger charge is 2.50. The molecule has 1 aromatic carbocycles. The van der Waals surface area contributed by atoms with E-state index >= 15 is 0 Å². The molecule has 0 radical (unpaired) electrons. The van der Waals surface area contributed by atoms with Gasteiger partial charge in [0.15, 0.2) is 0 Å². The molecule has 2 fully saturated rings. The fraction of sp³-hybridized carbons (Fsp3) is 0.421. The standard InChI is InChI=1S/C19H22N2O4S/c22-18(15-7-13-25-14-15)21-11-9-19(10-12-21)8-6-17(19)20-26(23,24)16-4-2-1-3-5-16/h1-5,7,13-14,17,20H,6,8-12H2/t17-/m1/s1. The van der Waals surface area contributed by atoms with Gasteiger partial charge in [0.25, 0.3) is 5.91 Å². The van der Waals surface area contributed by atoms with Crippen molar-refractivity contribution < 1.29 is 17.6 Å². The summed E-state index contributed by atoms with van der Waals surface area (Å²) in [5.41, 5.74) is 0.533. The Hall–Kier alpha value is -2.12. The third kappa shape index (κ3) is 3.05. The molecule has 1 aliphatic carbocycles. The van der Waals surface area contributed by atoms with Crippen LogP contribution in [0, 0.1) is 5.41 Å². The molecule has 1 atom stereocenters. The van der Waals surface area contributed by atoms with Gasteiger partial charge in [0, 0.05) is 19.1 Å². The molecule has 1 aromatic heterocycles. The maximum Gasteiger partial charge on any atom is 0.257 e. The first-order chi connectivity index (χ1) is 12.5. The van der Waals surface area contributed by atoms with Crippen molar-refractivity contribution in [3.8, 4) is 0 Å². The van der Waals surface area contributed by atoms with E-state index in [4.69, 9.17) is 4.42 Å². The van der Waals surface area contributed by atoms with E-state index < -0.39 is 10.0 Å². The van der Waals surface area contributed by atoms with Gasteiger partial charge >= 0.3 is 0 Å². The highest BCUT2D eigenvalue weighted by Crippen LogP contribution is 2.49. The zero-order valence-corrected chi connectivity index (χ0v) is 15.2. The largest absolute Gasteiger partial charge is 0.472 e. The number of rotatable bonds is 4. The molecule has 1 amide bonds. The predicted molar refractivity (Wildman–Crippen MR) is 96.1 cm³/mol. The maximum absolute atomic E-state index is 12.6. The molecular formula is C19H22N2O4S. The fourth-order valence-corrected chi connectivity index (χ4v) is 5.45. The van der Waals surface area contributed by atoms with E-state index in [1.54, 1.807) is 36.4 Å². The summed E-state index contributed by atoms with van der Waals surface area (Å²) in [4.78, 5) is 14.6. The molecule has 2 aliphatic rings. The number of nitrogens with one attached hydrogen (secondary N) is 1. The summed E-state index contributed by atoms with van der Waals surface area (Å²) >= 11 is 0. The van der Waals surface area contributed by atoms with Crippen LogP contribution >= 0.6 is 0 Å². The zero-order valence-electron chi connectivity index (χ0n) is 14.4. The lowest BCUT2D eigenvalue weighted by Crippen LogP contribution is -2.59. The smallest absolute Gasteiger partial charge is 0.257 e. The topological polar surface area (TPSA) is 79.6 Å². The Labute approximate surface area is 153 Å². The van der Waals surface area contributed by atoms with Gasteiger partial charge in [-0.1, -0.05) is 18.2 Å². The summed E-state index contributed by atoms with van der Waals surface area (Å²) in [6.45, 7) is 1.29. The fourth-order valence-electron chi connectivity index (χ4n) is 4.06. The first-order valence-electron chi connectivity index (χ1n) is 8.89. The quantitative estimate of drug-likeness (QED) is 0.892. The van der Waals surface area contributed by atoms with Crippen LogP contribution in [0.2, 0.25) is 0 Å². The molecule has 7 heteroatoms. The van der Waals surface area contributed by atoms with Crippen molar-refractivity contribution in [3.63, 3.8) is 0 Å². The number of hydrogen-bond acceptors (Lipinski definition) is 4. The SMILES string of the molecule is O=C(c1ccoc1)N1CCC2(CC[C@H]2NS(=O)(=O)c2ccccc2)CC1. The van der Waals surface area contributed by atoms with Gasteiger partial charge in [-0.2, -0.15) is 0 Å². The van der Waals surface area contributed by atoms with Crippen molar-refractivity contribution in [2.75, 3.05) is 13.1 Å². The molecule has 4 rings (SSSR count). The third-order valence-electron chi connectivity index (χ3n) is 5.84. The molecule has 1 aliphatic heterocycles. The van der Waals surface area contributed by atoms with E-state index in [-0.39, 0.29) is 17.4 Å². The summed E-state index contributed by atoms with van der Waals surface area (Å²) in [5.74, 6) is -0.0191. The molecule has 1 N–H and O–H groups in total. The van der Waals surface area contributed by atoms with E-state index in [0.29, 0.717) is 23.5 Å². The Morgan fingerprint density at radius 2 is 1.85 bits per heavy atom. The number of carbonyl (C=O) groups is 1. The zero-order chi connectivity index (χ0) is 18.2. The molecule has 0 bridgehead atoms. The molecule has 2 aromatic rings. The highest BCUT2D eigenvalue weighted by atomic mass is 32.2. The number of likely N-dealkylation sites (tertiary alicyclic amines) is 1. The maximum atomic E-state index is 12.6. The van der Waals surface area contributed by atoms with Crippen LogP contribution in [0.15, 0.2) is 58.2 Å². The second kappa shape index (κ2) is 6.55. The van der Waals surface area contributed by atoms with Crippen LogP contribution in [0.4, 0.5) is 0 Å². The first-order valence-corrected chi connectivity index (χ1v) is 10.4. The summed E-state index contributed by atoms with van der Waals surface area (Å²) in [7, 11) is -3.50. The molecule has 1 saturated heterocycles. The summed E-state index contributed by atoms with van der Waals surface area (Å²) in [6.07, 6.45) is 6.45. The van der Waals surface area contributed by atoms with Crippen molar-refractivity contribution in [1.29, 1.82) is 0 Å². The van der Waals surface area contributed by atoms with Crippen molar-refractivity contribution >= 4 is 15.9 Å². The summed E-state index contributed by atoms with van der Waals surface area (Å²) in [5, 5.41) is 0. The summed E-state index contributed by atoms with van der Waals surface area (Å²) in [6, 6.07) is 10.1. The number of amides is 1. The van der Waals surface area contributed by atoms with Gasteiger partial charge in [-0.05, 0) is 49.3 Å². The minimum absolute atomic E-state index is 0.0191. The van der Waals surface area contributed by atoms with Crippen LogP contribution in [-0.4, -0.2) is 38.4 Å². The molecule has 2 heterocycles. The van der Waals surface area contributed by atoms with Crippen LogP contribution in [-0.2, 0) is 10.0 Å². The normalized spacial score (nSPS) is 22.2. The molecule has 1 saturated carbocycles. The van der Waals surface area contributed by atoms with Crippen molar-refractivity contribution in [3.05, 3.63) is 54.5 Å². The Morgan fingerprint density at radius 1 is 1.12 bits per heavy atom. The molecular weight excluding hydrogens is 352 g/mol. The van der Waals surface area contributed by atoms with Crippen LogP contribution in [0.25, 0.3) is 0 Å². The lowest BCUT2D eigenvalue weighted by atomic mass is 9.59. The number of furan rings is 1. The minimum Gasteiger partial charge on any atom is -0.472 e. The van der Waals surface area contributed by atoms with E-state index in [1.807, 2.05) is 4.90 Å². The Kier molecular flexibility index (Phi) is 4.36. The molecule has 0 unspecified atom stereocenters. The van der Waals surface area contributed by atoms with Crippen LogP contribution in [0.5, 0.6) is 0 Å². The van der Waals surface area contributed by atoms with E-state index in [0.717, 1.165) is 25.7 Å². The van der Waals surface area contributed by atoms with Gasteiger partial charge in [0.05, 0.1) is 16.7 Å². The van der Waals surface area contributed by atoms with Gasteiger partial charge in [0.1, 0.15) is 6.26 Å². The number of carbonyl (C=O) groups excluding carboxylic acids is 1. The average Bonchev–Trinajstić information content (AvgIpc) is 3.20. The van der Waals surface area contributed by atoms with E-state index in [9.17, 15) is 13.2 Å².